The number of oxazole rings is 1. The average molecular weight is 218 g/mol. The number of alkyl halides is 3. The molecule has 0 radical (unpaired) electrons. The molecule has 0 bridgehead atoms. The van der Waals surface area contributed by atoms with Gasteiger partial charge < -0.3 is 4.42 Å². The highest BCUT2D eigenvalue weighted by molar-refractivity contribution is 5.27. The molecule has 2 aromatic rings. The smallest absolute Gasteiger partial charge is 0.428 e. The molecule has 0 aliphatic heterocycles. The molecule has 0 saturated heterocycles. The summed E-state index contributed by atoms with van der Waals surface area (Å²) in [4.78, 5) is 14.4. The highest BCUT2D eigenvalue weighted by Crippen LogP contribution is 2.26. The lowest BCUT2D eigenvalue weighted by Crippen LogP contribution is -2.18. The molecular weight excluding hydrogens is 213 g/mol. The van der Waals surface area contributed by atoms with Crippen LogP contribution in [0.15, 0.2) is 21.5 Å². The molecule has 0 aliphatic carbocycles. The molecular formula is C8H5F3N2O2. The molecule has 0 aromatic carbocycles. The van der Waals surface area contributed by atoms with Crippen LogP contribution < -0.4 is 5.56 Å². The molecule has 0 saturated carbocycles. The minimum absolute atomic E-state index is 0.318. The van der Waals surface area contributed by atoms with Gasteiger partial charge in [0.1, 0.15) is 5.76 Å². The molecule has 4 nitrogen and oxygen atoms in total. The number of rotatable bonds is 0. The summed E-state index contributed by atoms with van der Waals surface area (Å²) in [5.74, 6) is -0.0359. The number of nitrogens with zero attached hydrogens (tertiary/aromatic N) is 2. The SMILES string of the molecule is Cc1cn2c(=O)cc(C(F)(F)F)nc2o1. The number of fused-ring (bicyclic) bond motifs is 1. The Kier molecular flexibility index (Phi) is 1.85. The van der Waals surface area contributed by atoms with Crippen molar-refractivity contribution < 1.29 is 17.6 Å². The van der Waals surface area contributed by atoms with Crippen LogP contribution >= 0.6 is 0 Å². The van der Waals surface area contributed by atoms with Gasteiger partial charge in [-0.1, -0.05) is 0 Å². The highest BCUT2D eigenvalue weighted by Gasteiger charge is 2.33. The number of aromatic nitrogens is 2. The minimum Gasteiger partial charge on any atom is -0.428 e. The number of aryl methyl sites for hydroxylation is 1. The van der Waals surface area contributed by atoms with Gasteiger partial charge in [0.25, 0.3) is 5.56 Å². The first kappa shape index (κ1) is 9.75. The number of halogens is 3. The fraction of sp³-hybridized carbons (Fsp3) is 0.250. The Balaban J connectivity index is 2.78. The van der Waals surface area contributed by atoms with E-state index < -0.39 is 17.4 Å². The highest BCUT2D eigenvalue weighted by atomic mass is 19.4. The van der Waals surface area contributed by atoms with Gasteiger partial charge in [-0.3, -0.25) is 4.79 Å². The van der Waals surface area contributed by atoms with Crippen LogP contribution in [0, 0.1) is 6.92 Å². The van der Waals surface area contributed by atoms with Crippen LogP contribution in [0.25, 0.3) is 5.84 Å². The van der Waals surface area contributed by atoms with E-state index in [1.54, 1.807) is 0 Å². The topological polar surface area (TPSA) is 47.5 Å². The summed E-state index contributed by atoms with van der Waals surface area (Å²) in [6.45, 7) is 1.52. The Labute approximate surface area is 81.0 Å². The Morgan fingerprint density at radius 2 is 2.13 bits per heavy atom. The second-order valence-corrected chi connectivity index (χ2v) is 2.97. The van der Waals surface area contributed by atoms with E-state index in [9.17, 15) is 18.0 Å². The number of hydrogen-bond donors (Lipinski definition) is 0. The zero-order chi connectivity index (χ0) is 11.2. The maximum atomic E-state index is 12.3. The summed E-state index contributed by atoms with van der Waals surface area (Å²) in [5, 5.41) is 0. The van der Waals surface area contributed by atoms with Crippen LogP contribution in [0.4, 0.5) is 13.2 Å². The van der Waals surface area contributed by atoms with Gasteiger partial charge >= 0.3 is 12.0 Å². The summed E-state index contributed by atoms with van der Waals surface area (Å²) in [7, 11) is 0. The molecule has 80 valence electrons. The van der Waals surface area contributed by atoms with Crippen LogP contribution in [-0.2, 0) is 6.18 Å². The van der Waals surface area contributed by atoms with Crippen LogP contribution in [-0.4, -0.2) is 9.38 Å². The first-order valence-corrected chi connectivity index (χ1v) is 3.95. The van der Waals surface area contributed by atoms with Gasteiger partial charge in [-0.2, -0.15) is 18.2 Å². The van der Waals surface area contributed by atoms with Crippen LogP contribution in [0.2, 0.25) is 0 Å². The lowest BCUT2D eigenvalue weighted by atomic mass is 10.4. The third-order valence-electron chi connectivity index (χ3n) is 1.77. The van der Waals surface area contributed by atoms with E-state index in [-0.39, 0.29) is 5.84 Å². The Morgan fingerprint density at radius 1 is 1.47 bits per heavy atom. The maximum absolute atomic E-state index is 12.3. The van der Waals surface area contributed by atoms with Crippen molar-refractivity contribution in [1.82, 2.24) is 9.38 Å². The van der Waals surface area contributed by atoms with E-state index in [1.165, 1.54) is 13.1 Å². The summed E-state index contributed by atoms with van der Waals surface area (Å²) >= 11 is 0. The van der Waals surface area contributed by atoms with E-state index in [2.05, 4.69) is 4.98 Å². The Hall–Kier alpha value is -1.79. The normalized spacial score (nSPS) is 12.3. The molecule has 0 N–H and O–H groups in total. The first-order valence-electron chi connectivity index (χ1n) is 3.95. The van der Waals surface area contributed by atoms with Gasteiger partial charge in [-0.05, 0) is 6.92 Å². The Morgan fingerprint density at radius 3 is 2.73 bits per heavy atom. The minimum atomic E-state index is -4.64. The van der Waals surface area contributed by atoms with E-state index in [0.717, 1.165) is 4.40 Å². The van der Waals surface area contributed by atoms with E-state index >= 15 is 0 Å². The van der Waals surface area contributed by atoms with Crippen molar-refractivity contribution in [2.45, 2.75) is 13.1 Å². The van der Waals surface area contributed by atoms with E-state index in [0.29, 0.717) is 11.8 Å². The molecule has 2 rings (SSSR count). The molecule has 2 aromatic heterocycles. The number of hydrogen-bond acceptors (Lipinski definition) is 3. The van der Waals surface area contributed by atoms with E-state index in [4.69, 9.17) is 4.42 Å². The van der Waals surface area contributed by atoms with Crippen molar-refractivity contribution in [3.8, 4) is 0 Å². The molecule has 0 unspecified atom stereocenters. The third-order valence-corrected chi connectivity index (χ3v) is 1.77. The van der Waals surface area contributed by atoms with Gasteiger partial charge in [0, 0.05) is 6.07 Å². The molecule has 0 amide bonds. The zero-order valence-electron chi connectivity index (χ0n) is 7.50. The van der Waals surface area contributed by atoms with Crippen molar-refractivity contribution >= 4 is 5.84 Å². The predicted octanol–water partition coefficient (Wildman–Crippen LogP) is 1.61. The standard InChI is InChI=1S/C8H5F3N2O2/c1-4-3-13-6(14)2-5(8(9,10)11)12-7(13)15-4/h2-3H,1H3. The van der Waals surface area contributed by atoms with Crippen molar-refractivity contribution in [3.05, 3.63) is 34.1 Å². The summed E-state index contributed by atoms with van der Waals surface area (Å²) in [6.07, 6.45) is -3.36. The molecule has 0 aliphatic rings. The maximum Gasteiger partial charge on any atom is 0.433 e. The predicted molar refractivity (Wildman–Crippen MR) is 43.5 cm³/mol. The van der Waals surface area contributed by atoms with Crippen LogP contribution in [0.5, 0.6) is 0 Å². The quantitative estimate of drug-likeness (QED) is 0.674. The largest absolute Gasteiger partial charge is 0.433 e. The zero-order valence-corrected chi connectivity index (χ0v) is 7.50. The Bertz CT molecular complexity index is 567. The van der Waals surface area contributed by atoms with Gasteiger partial charge in [-0.15, -0.1) is 0 Å². The molecule has 0 fully saturated rings. The molecule has 15 heavy (non-hydrogen) atoms. The lowest BCUT2D eigenvalue weighted by Gasteiger charge is -2.03. The van der Waals surface area contributed by atoms with Crippen molar-refractivity contribution in [2.75, 3.05) is 0 Å². The molecule has 0 spiro atoms. The van der Waals surface area contributed by atoms with Gasteiger partial charge in [-0.25, -0.2) is 4.40 Å². The molecule has 7 heteroatoms. The molecule has 0 atom stereocenters. The fourth-order valence-electron chi connectivity index (χ4n) is 1.16. The second-order valence-electron chi connectivity index (χ2n) is 2.97. The van der Waals surface area contributed by atoms with E-state index in [1.807, 2.05) is 0 Å². The van der Waals surface area contributed by atoms with Crippen molar-refractivity contribution in [3.63, 3.8) is 0 Å². The van der Waals surface area contributed by atoms with Gasteiger partial charge in [0.2, 0.25) is 0 Å². The summed E-state index contributed by atoms with van der Waals surface area (Å²) in [6, 6.07) is 0.432. The van der Waals surface area contributed by atoms with Crippen molar-refractivity contribution in [2.24, 2.45) is 0 Å². The summed E-state index contributed by atoms with van der Waals surface area (Å²) in [5.41, 5.74) is -2.06. The van der Waals surface area contributed by atoms with Crippen molar-refractivity contribution in [1.29, 1.82) is 0 Å². The van der Waals surface area contributed by atoms with Gasteiger partial charge in [0.05, 0.1) is 6.20 Å². The summed E-state index contributed by atoms with van der Waals surface area (Å²) < 4.78 is 42.5. The third kappa shape index (κ3) is 1.60. The monoisotopic (exact) mass is 218 g/mol. The molecule has 2 heterocycles. The van der Waals surface area contributed by atoms with Gasteiger partial charge in [0.15, 0.2) is 5.69 Å². The second kappa shape index (κ2) is 2.85. The fourth-order valence-corrected chi connectivity index (χ4v) is 1.16. The van der Waals surface area contributed by atoms with Crippen LogP contribution in [0.1, 0.15) is 11.5 Å². The average Bonchev–Trinajstić information content (AvgIpc) is 2.44. The van der Waals surface area contributed by atoms with Crippen LogP contribution in [0.3, 0.4) is 0 Å². The first-order chi connectivity index (χ1) is 6.88. The lowest BCUT2D eigenvalue weighted by molar-refractivity contribution is -0.141.